The topological polar surface area (TPSA) is 26.3 Å². The predicted molar refractivity (Wildman–Crippen MR) is 87.8 cm³/mol. The van der Waals surface area contributed by atoms with Gasteiger partial charge in [-0.15, -0.1) is 0 Å². The van der Waals surface area contributed by atoms with Crippen LogP contribution in [0.25, 0.3) is 0 Å². The fraction of sp³-hybridized carbons (Fsp3) is 0.706. The quantitative estimate of drug-likeness (QED) is 0.407. The van der Waals surface area contributed by atoms with E-state index >= 15 is 0 Å². The summed E-state index contributed by atoms with van der Waals surface area (Å²) >= 11 is 1.60. The Kier molecular flexibility index (Phi) is 7.42. The number of carbonyl (C=O) groups is 1. The molecule has 0 fully saturated rings. The molecule has 0 aromatic heterocycles. The lowest BCUT2D eigenvalue weighted by Gasteiger charge is -2.21. The van der Waals surface area contributed by atoms with Crippen molar-refractivity contribution in [2.24, 2.45) is 0 Å². The fourth-order valence-corrected chi connectivity index (χ4v) is 3.77. The Morgan fingerprint density at radius 3 is 2.55 bits per heavy atom. The van der Waals surface area contributed by atoms with Crippen molar-refractivity contribution in [3.8, 4) is 0 Å². The summed E-state index contributed by atoms with van der Waals surface area (Å²) in [6.45, 7) is 10.3. The van der Waals surface area contributed by atoms with Crippen LogP contribution in [-0.4, -0.2) is 17.1 Å². The Bertz CT molecular complexity index is 373. The molecule has 3 heteroatoms. The van der Waals surface area contributed by atoms with Gasteiger partial charge in [-0.3, -0.25) is 4.79 Å². The molecule has 1 aliphatic rings. The van der Waals surface area contributed by atoms with E-state index in [9.17, 15) is 4.79 Å². The summed E-state index contributed by atoms with van der Waals surface area (Å²) in [4.78, 5) is 12.4. The monoisotopic (exact) mass is 296 g/mol. The number of allylic oxidation sites excluding steroid dienone is 1. The lowest BCUT2D eigenvalue weighted by Crippen LogP contribution is -2.28. The molecule has 0 aromatic carbocycles. The number of thioether (sulfide) groups is 1. The van der Waals surface area contributed by atoms with Gasteiger partial charge in [-0.05, 0) is 20.3 Å². The second-order valence-corrected chi connectivity index (χ2v) is 7.17. The van der Waals surface area contributed by atoms with Gasteiger partial charge in [0.1, 0.15) is 6.61 Å². The Morgan fingerprint density at radius 1 is 1.25 bits per heavy atom. The van der Waals surface area contributed by atoms with Crippen LogP contribution in [0.2, 0.25) is 0 Å². The summed E-state index contributed by atoms with van der Waals surface area (Å²) in [7, 11) is 0. The summed E-state index contributed by atoms with van der Waals surface area (Å²) < 4.78 is 5.28. The van der Waals surface area contributed by atoms with Crippen LogP contribution >= 0.6 is 11.8 Å². The third-order valence-electron chi connectivity index (χ3n) is 3.78. The first-order valence-electron chi connectivity index (χ1n) is 7.73. The Morgan fingerprint density at radius 2 is 1.90 bits per heavy atom. The molecule has 0 spiro atoms. The van der Waals surface area contributed by atoms with Crippen LogP contribution in [0.15, 0.2) is 23.3 Å². The van der Waals surface area contributed by atoms with E-state index < -0.39 is 0 Å². The number of unbranched alkanes of at least 4 members (excludes halogenated alkanes) is 5. The highest BCUT2D eigenvalue weighted by Gasteiger charge is 2.43. The summed E-state index contributed by atoms with van der Waals surface area (Å²) in [6.07, 6.45) is 10.2. The minimum absolute atomic E-state index is 0.245. The molecule has 2 nitrogen and oxygen atoms in total. The maximum atomic E-state index is 12.4. The summed E-state index contributed by atoms with van der Waals surface area (Å²) in [5.41, 5.74) is 0.783. The first kappa shape index (κ1) is 17.4. The molecule has 1 unspecified atom stereocenters. The molecule has 0 aliphatic carbocycles. The lowest BCUT2D eigenvalue weighted by atomic mass is 9.94. The van der Waals surface area contributed by atoms with Crippen molar-refractivity contribution in [1.82, 2.24) is 0 Å². The Hall–Kier alpha value is -0.700. The minimum Gasteiger partial charge on any atom is -0.483 e. The molecule has 1 aliphatic heterocycles. The normalized spacial score (nSPS) is 22.4. The van der Waals surface area contributed by atoms with Crippen LogP contribution in [0.1, 0.15) is 65.7 Å². The van der Waals surface area contributed by atoms with Gasteiger partial charge in [0.2, 0.25) is 0 Å². The lowest BCUT2D eigenvalue weighted by molar-refractivity contribution is -0.117. The van der Waals surface area contributed by atoms with Gasteiger partial charge < -0.3 is 4.74 Å². The molecule has 1 heterocycles. The van der Waals surface area contributed by atoms with Crippen molar-refractivity contribution < 1.29 is 9.53 Å². The largest absolute Gasteiger partial charge is 0.483 e. The van der Waals surface area contributed by atoms with Crippen LogP contribution in [-0.2, 0) is 9.53 Å². The molecule has 0 saturated carbocycles. The van der Waals surface area contributed by atoms with Gasteiger partial charge in [0.05, 0.1) is 4.75 Å². The molecule has 0 aromatic rings. The molecule has 20 heavy (non-hydrogen) atoms. The average Bonchev–Trinajstić information content (AvgIpc) is 2.65. The van der Waals surface area contributed by atoms with E-state index in [1.807, 2.05) is 6.92 Å². The molecule has 114 valence electrons. The molecular weight excluding hydrogens is 268 g/mol. The maximum absolute atomic E-state index is 12.4. The van der Waals surface area contributed by atoms with Crippen LogP contribution in [0, 0.1) is 0 Å². The molecule has 1 rings (SSSR count). The molecular formula is C17H28O2S. The second-order valence-electron chi connectivity index (χ2n) is 5.69. The minimum atomic E-state index is -0.314. The standard InChI is InChI=1S/C17H28O2S/c1-5-7-8-9-10-11-12-17(4)15(18)14(3)16(20-17)19-13-6-2/h6H,2,5,7-13H2,1,3-4H3. The zero-order valence-corrected chi connectivity index (χ0v) is 14.0. The van der Waals surface area contributed by atoms with E-state index in [0.717, 1.165) is 23.5 Å². The number of Topliss-reactive ketones (excluding diaryl/α,β-unsaturated/α-hetero) is 1. The number of rotatable bonds is 10. The molecule has 0 N–H and O–H groups in total. The zero-order valence-electron chi connectivity index (χ0n) is 13.2. The van der Waals surface area contributed by atoms with Crippen LogP contribution in [0.3, 0.4) is 0 Å². The van der Waals surface area contributed by atoms with E-state index in [1.165, 1.54) is 32.1 Å². The maximum Gasteiger partial charge on any atom is 0.179 e. The first-order valence-corrected chi connectivity index (χ1v) is 8.55. The number of hydrogen-bond acceptors (Lipinski definition) is 3. The van der Waals surface area contributed by atoms with Crippen molar-refractivity contribution in [2.75, 3.05) is 6.61 Å². The predicted octanol–water partition coefficient (Wildman–Crippen LogP) is 5.25. The highest BCUT2D eigenvalue weighted by atomic mass is 32.2. The van der Waals surface area contributed by atoms with E-state index in [2.05, 4.69) is 20.4 Å². The van der Waals surface area contributed by atoms with E-state index in [-0.39, 0.29) is 10.5 Å². The third-order valence-corrected chi connectivity index (χ3v) is 5.23. The molecule has 0 saturated heterocycles. The van der Waals surface area contributed by atoms with Gasteiger partial charge in [-0.25, -0.2) is 0 Å². The highest BCUT2D eigenvalue weighted by Crippen LogP contribution is 2.46. The number of carbonyl (C=O) groups excluding carboxylic acids is 1. The van der Waals surface area contributed by atoms with Gasteiger partial charge in [-0.2, -0.15) is 0 Å². The van der Waals surface area contributed by atoms with Crippen molar-refractivity contribution >= 4 is 17.5 Å². The van der Waals surface area contributed by atoms with Crippen LogP contribution in [0.4, 0.5) is 0 Å². The average molecular weight is 296 g/mol. The Labute approximate surface area is 128 Å². The van der Waals surface area contributed by atoms with Gasteiger partial charge >= 0.3 is 0 Å². The highest BCUT2D eigenvalue weighted by molar-refractivity contribution is 8.05. The SMILES string of the molecule is C=CCOC1=C(C)C(=O)C(C)(CCCCCCCC)S1. The van der Waals surface area contributed by atoms with Crippen molar-refractivity contribution in [1.29, 1.82) is 0 Å². The fourth-order valence-electron chi connectivity index (χ4n) is 2.50. The van der Waals surface area contributed by atoms with E-state index in [4.69, 9.17) is 4.74 Å². The van der Waals surface area contributed by atoms with Gasteiger partial charge in [0, 0.05) is 5.57 Å². The zero-order chi connectivity index (χ0) is 15.0. The number of ketones is 1. The van der Waals surface area contributed by atoms with E-state index in [0.29, 0.717) is 6.61 Å². The van der Waals surface area contributed by atoms with Gasteiger partial charge in [0.15, 0.2) is 10.9 Å². The van der Waals surface area contributed by atoms with Gasteiger partial charge in [0.25, 0.3) is 0 Å². The van der Waals surface area contributed by atoms with Crippen LogP contribution in [0.5, 0.6) is 0 Å². The van der Waals surface area contributed by atoms with E-state index in [1.54, 1.807) is 17.8 Å². The molecule has 1 atom stereocenters. The summed E-state index contributed by atoms with van der Waals surface area (Å²) in [5, 5.41) is 0.795. The smallest absolute Gasteiger partial charge is 0.179 e. The van der Waals surface area contributed by atoms with Crippen molar-refractivity contribution in [2.45, 2.75) is 70.5 Å². The second kappa shape index (κ2) is 8.56. The number of hydrogen-bond donors (Lipinski definition) is 0. The molecule has 0 bridgehead atoms. The Balaban J connectivity index is 2.39. The summed E-state index contributed by atoms with van der Waals surface area (Å²) in [5.74, 6) is 0.245. The third kappa shape index (κ3) is 4.69. The molecule has 0 amide bonds. The number of ether oxygens (including phenoxy) is 1. The molecule has 0 radical (unpaired) electrons. The van der Waals surface area contributed by atoms with Crippen molar-refractivity contribution in [3.05, 3.63) is 23.3 Å². The van der Waals surface area contributed by atoms with Crippen molar-refractivity contribution in [3.63, 3.8) is 0 Å². The van der Waals surface area contributed by atoms with Crippen LogP contribution < -0.4 is 0 Å². The summed E-state index contributed by atoms with van der Waals surface area (Å²) in [6, 6.07) is 0. The van der Waals surface area contributed by atoms with Gasteiger partial charge in [-0.1, -0.05) is 69.9 Å². The first-order chi connectivity index (χ1) is 9.55.